The van der Waals surface area contributed by atoms with Gasteiger partial charge in [-0.05, 0) is 35.7 Å². The molecule has 1 aromatic heterocycles. The highest BCUT2D eigenvalue weighted by atomic mass is 35.5. The van der Waals surface area contributed by atoms with Crippen molar-refractivity contribution in [2.75, 3.05) is 0 Å². The van der Waals surface area contributed by atoms with E-state index in [2.05, 4.69) is 17.1 Å². The molecule has 0 aliphatic rings. The van der Waals surface area contributed by atoms with Crippen LogP contribution < -0.4 is 0 Å². The smallest absolute Gasteiger partial charge is 0.0408 e. The molecule has 0 aliphatic heterocycles. The van der Waals surface area contributed by atoms with Crippen LogP contribution in [0.15, 0.2) is 48.8 Å². The third kappa shape index (κ3) is 2.33. The van der Waals surface area contributed by atoms with Crippen LogP contribution in [0, 0.1) is 0 Å². The van der Waals surface area contributed by atoms with Gasteiger partial charge in [-0.1, -0.05) is 29.8 Å². The normalized spacial score (nSPS) is 10.1. The van der Waals surface area contributed by atoms with Crippen LogP contribution in [0.4, 0.5) is 0 Å². The second kappa shape index (κ2) is 4.25. The number of benzene rings is 1. The summed E-state index contributed by atoms with van der Waals surface area (Å²) in [7, 11) is 0. The first kappa shape index (κ1) is 9.22. The van der Waals surface area contributed by atoms with E-state index < -0.39 is 0 Å². The first-order valence-electron chi connectivity index (χ1n) is 4.48. The Morgan fingerprint density at radius 3 is 2.64 bits per heavy atom. The summed E-state index contributed by atoms with van der Waals surface area (Å²) in [5.74, 6) is 0. The summed E-state index contributed by atoms with van der Waals surface area (Å²) in [6, 6.07) is 11.9. The van der Waals surface area contributed by atoms with E-state index in [0.29, 0.717) is 0 Å². The minimum absolute atomic E-state index is 0.784. The second-order valence-electron chi connectivity index (χ2n) is 3.17. The van der Waals surface area contributed by atoms with Crippen LogP contribution in [0.25, 0.3) is 0 Å². The lowest BCUT2D eigenvalue weighted by atomic mass is 10.1. The Hall–Kier alpha value is -1.34. The maximum atomic E-state index is 5.90. The molecule has 70 valence electrons. The van der Waals surface area contributed by atoms with Crippen molar-refractivity contribution < 1.29 is 0 Å². The number of rotatable bonds is 2. The van der Waals surface area contributed by atoms with Gasteiger partial charge in [0.2, 0.25) is 0 Å². The average Bonchev–Trinajstić information content (AvgIpc) is 2.19. The number of hydrogen-bond donors (Lipinski definition) is 0. The molecule has 0 bridgehead atoms. The van der Waals surface area contributed by atoms with E-state index >= 15 is 0 Å². The monoisotopic (exact) mass is 203 g/mol. The summed E-state index contributed by atoms with van der Waals surface area (Å²) in [5.41, 5.74) is 2.42. The molecule has 0 aliphatic carbocycles. The lowest BCUT2D eigenvalue weighted by Gasteiger charge is -2.01. The van der Waals surface area contributed by atoms with Crippen LogP contribution in [0.5, 0.6) is 0 Å². The molecule has 14 heavy (non-hydrogen) atoms. The van der Waals surface area contributed by atoms with E-state index in [1.54, 1.807) is 6.20 Å². The van der Waals surface area contributed by atoms with Crippen molar-refractivity contribution in [3.63, 3.8) is 0 Å². The predicted octanol–water partition coefficient (Wildman–Crippen LogP) is 3.33. The van der Waals surface area contributed by atoms with Crippen molar-refractivity contribution in [3.05, 3.63) is 64.9 Å². The number of pyridine rings is 1. The van der Waals surface area contributed by atoms with E-state index in [1.165, 1.54) is 11.1 Å². The molecule has 0 spiro atoms. The fourth-order valence-electron chi connectivity index (χ4n) is 1.39. The van der Waals surface area contributed by atoms with Crippen molar-refractivity contribution in [1.82, 2.24) is 4.98 Å². The summed E-state index contributed by atoms with van der Waals surface area (Å²) in [4.78, 5) is 4.07. The molecular weight excluding hydrogens is 194 g/mol. The summed E-state index contributed by atoms with van der Waals surface area (Å²) >= 11 is 5.90. The van der Waals surface area contributed by atoms with Crippen LogP contribution in [0.2, 0.25) is 5.02 Å². The van der Waals surface area contributed by atoms with Gasteiger partial charge in [0.15, 0.2) is 0 Å². The number of aromatic nitrogens is 1. The predicted molar refractivity (Wildman–Crippen MR) is 58.5 cm³/mol. The highest BCUT2D eigenvalue weighted by molar-refractivity contribution is 6.30. The van der Waals surface area contributed by atoms with Gasteiger partial charge < -0.3 is 0 Å². The van der Waals surface area contributed by atoms with Gasteiger partial charge >= 0.3 is 0 Å². The SMILES string of the molecule is Clc1cccc(Cc2cccnc2)c1. The van der Waals surface area contributed by atoms with E-state index in [9.17, 15) is 0 Å². The average molecular weight is 204 g/mol. The van der Waals surface area contributed by atoms with Gasteiger partial charge in [-0.15, -0.1) is 0 Å². The standard InChI is InChI=1S/C12H10ClN/c13-12-5-1-3-10(8-12)7-11-4-2-6-14-9-11/h1-6,8-9H,7H2. The Balaban J connectivity index is 2.19. The fraction of sp³-hybridized carbons (Fsp3) is 0.0833. The maximum absolute atomic E-state index is 5.90. The summed E-state index contributed by atoms with van der Waals surface area (Å²) in [5, 5.41) is 0.784. The first-order valence-corrected chi connectivity index (χ1v) is 4.86. The van der Waals surface area contributed by atoms with Crippen LogP contribution in [-0.2, 0) is 6.42 Å². The van der Waals surface area contributed by atoms with Crippen LogP contribution in [0.1, 0.15) is 11.1 Å². The second-order valence-corrected chi connectivity index (χ2v) is 3.60. The molecular formula is C12H10ClN. The van der Waals surface area contributed by atoms with Gasteiger partial charge in [0.25, 0.3) is 0 Å². The van der Waals surface area contributed by atoms with Gasteiger partial charge in [0, 0.05) is 17.4 Å². The molecule has 0 fully saturated rings. The Morgan fingerprint density at radius 2 is 1.93 bits per heavy atom. The molecule has 0 saturated heterocycles. The minimum Gasteiger partial charge on any atom is -0.264 e. The maximum Gasteiger partial charge on any atom is 0.0408 e. The molecule has 2 aromatic rings. The van der Waals surface area contributed by atoms with Gasteiger partial charge in [-0.25, -0.2) is 0 Å². The zero-order valence-electron chi connectivity index (χ0n) is 7.65. The first-order chi connectivity index (χ1) is 6.84. The lowest BCUT2D eigenvalue weighted by Crippen LogP contribution is -1.88. The Kier molecular flexibility index (Phi) is 2.80. The Morgan fingerprint density at radius 1 is 1.07 bits per heavy atom. The Bertz CT molecular complexity index is 412. The quantitative estimate of drug-likeness (QED) is 0.730. The van der Waals surface area contributed by atoms with E-state index in [0.717, 1.165) is 11.4 Å². The molecule has 1 nitrogen and oxygen atoms in total. The van der Waals surface area contributed by atoms with E-state index in [-0.39, 0.29) is 0 Å². The van der Waals surface area contributed by atoms with Crippen LogP contribution in [0.3, 0.4) is 0 Å². The molecule has 1 aromatic carbocycles. The van der Waals surface area contributed by atoms with Crippen LogP contribution in [-0.4, -0.2) is 4.98 Å². The molecule has 1 heterocycles. The third-order valence-electron chi connectivity index (χ3n) is 2.02. The molecule has 0 N–H and O–H groups in total. The number of halogens is 1. The Labute approximate surface area is 88.4 Å². The van der Waals surface area contributed by atoms with Crippen molar-refractivity contribution >= 4 is 11.6 Å². The number of nitrogens with zero attached hydrogens (tertiary/aromatic N) is 1. The highest BCUT2D eigenvalue weighted by Crippen LogP contribution is 2.13. The largest absolute Gasteiger partial charge is 0.264 e. The van der Waals surface area contributed by atoms with Crippen molar-refractivity contribution in [2.45, 2.75) is 6.42 Å². The third-order valence-corrected chi connectivity index (χ3v) is 2.26. The molecule has 0 unspecified atom stereocenters. The van der Waals surface area contributed by atoms with Gasteiger partial charge in [0.05, 0.1) is 0 Å². The van der Waals surface area contributed by atoms with Crippen LogP contribution >= 0.6 is 11.6 Å². The van der Waals surface area contributed by atoms with Gasteiger partial charge in [-0.2, -0.15) is 0 Å². The minimum atomic E-state index is 0.784. The van der Waals surface area contributed by atoms with E-state index in [1.807, 2.05) is 30.5 Å². The van der Waals surface area contributed by atoms with Crippen molar-refractivity contribution in [2.24, 2.45) is 0 Å². The highest BCUT2D eigenvalue weighted by Gasteiger charge is 1.96. The van der Waals surface area contributed by atoms with Crippen molar-refractivity contribution in [1.29, 1.82) is 0 Å². The molecule has 2 rings (SSSR count). The molecule has 0 atom stereocenters. The lowest BCUT2D eigenvalue weighted by molar-refractivity contribution is 1.15. The summed E-state index contributed by atoms with van der Waals surface area (Å²) in [6.45, 7) is 0. The summed E-state index contributed by atoms with van der Waals surface area (Å²) < 4.78 is 0. The molecule has 0 amide bonds. The fourth-order valence-corrected chi connectivity index (χ4v) is 1.60. The summed E-state index contributed by atoms with van der Waals surface area (Å²) in [6.07, 6.45) is 4.54. The topological polar surface area (TPSA) is 12.9 Å². The molecule has 0 radical (unpaired) electrons. The zero-order chi connectivity index (χ0) is 9.80. The molecule has 2 heteroatoms. The van der Waals surface area contributed by atoms with Gasteiger partial charge in [0.1, 0.15) is 0 Å². The van der Waals surface area contributed by atoms with Crippen molar-refractivity contribution in [3.8, 4) is 0 Å². The number of hydrogen-bond acceptors (Lipinski definition) is 1. The molecule has 0 saturated carbocycles. The van der Waals surface area contributed by atoms with E-state index in [4.69, 9.17) is 11.6 Å². The zero-order valence-corrected chi connectivity index (χ0v) is 8.41. The van der Waals surface area contributed by atoms with Gasteiger partial charge in [-0.3, -0.25) is 4.98 Å².